The third-order valence-corrected chi connectivity index (χ3v) is 7.06. The van der Waals surface area contributed by atoms with Crippen LogP contribution >= 0.6 is 0 Å². The predicted molar refractivity (Wildman–Crippen MR) is 120 cm³/mol. The van der Waals surface area contributed by atoms with E-state index in [1.807, 2.05) is 31.2 Å². The summed E-state index contributed by atoms with van der Waals surface area (Å²) in [7, 11) is 0. The number of nitrogens with zero attached hydrogens (tertiary/aromatic N) is 1. The Hall–Kier alpha value is -2.82. The minimum absolute atomic E-state index is 0.0367. The van der Waals surface area contributed by atoms with Crippen molar-refractivity contribution in [1.82, 2.24) is 4.90 Å². The van der Waals surface area contributed by atoms with Crippen LogP contribution < -0.4 is 0 Å². The van der Waals surface area contributed by atoms with Gasteiger partial charge < -0.3 is 9.84 Å². The average molecular weight is 422 g/mol. The minimum atomic E-state index is -1.15. The van der Waals surface area contributed by atoms with Gasteiger partial charge in [-0.2, -0.15) is 0 Å². The minimum Gasteiger partial charge on any atom is -0.479 e. The standard InChI is InChI=1S/C26H31NO4/c1-4-13-27(26(24(28)29)14-18(15-26)17(2)3)25(30)31-16-23-21-11-7-5-9-19(21)20-10-6-8-12-22(20)23/h5-12,17-18,23H,4,13-16H2,1-3H3,(H,28,29). The van der Waals surface area contributed by atoms with Gasteiger partial charge in [-0.05, 0) is 53.4 Å². The number of carboxylic acid groups (broad SMARTS) is 1. The van der Waals surface area contributed by atoms with Gasteiger partial charge in [-0.25, -0.2) is 9.59 Å². The van der Waals surface area contributed by atoms with Crippen LogP contribution in [0.3, 0.4) is 0 Å². The smallest absolute Gasteiger partial charge is 0.410 e. The molecule has 0 spiro atoms. The van der Waals surface area contributed by atoms with Crippen molar-refractivity contribution in [1.29, 1.82) is 0 Å². The van der Waals surface area contributed by atoms with Crippen LogP contribution in [0.25, 0.3) is 11.1 Å². The van der Waals surface area contributed by atoms with Crippen LogP contribution in [0.2, 0.25) is 0 Å². The van der Waals surface area contributed by atoms with Crippen LogP contribution in [0.4, 0.5) is 4.79 Å². The molecule has 2 aromatic rings. The lowest BCUT2D eigenvalue weighted by molar-refractivity contribution is -0.162. The summed E-state index contributed by atoms with van der Waals surface area (Å²) in [5.41, 5.74) is 3.49. The first-order valence-electron chi connectivity index (χ1n) is 11.2. The molecule has 0 unspecified atom stereocenters. The molecule has 1 N–H and O–H groups in total. The zero-order valence-electron chi connectivity index (χ0n) is 18.5. The Bertz CT molecular complexity index is 931. The largest absolute Gasteiger partial charge is 0.479 e. The number of carbonyl (C=O) groups excluding carboxylic acids is 1. The maximum Gasteiger partial charge on any atom is 0.410 e. The van der Waals surface area contributed by atoms with Gasteiger partial charge >= 0.3 is 12.1 Å². The number of fused-ring (bicyclic) bond motifs is 3. The molecule has 1 fully saturated rings. The number of hydrogen-bond acceptors (Lipinski definition) is 3. The number of carboxylic acids is 1. The molecule has 5 heteroatoms. The van der Waals surface area contributed by atoms with Gasteiger partial charge in [0.05, 0.1) is 0 Å². The lowest BCUT2D eigenvalue weighted by Gasteiger charge is -2.51. The fraction of sp³-hybridized carbons (Fsp3) is 0.462. The van der Waals surface area contributed by atoms with Gasteiger partial charge in [-0.15, -0.1) is 0 Å². The molecule has 2 aliphatic carbocycles. The van der Waals surface area contributed by atoms with Crippen molar-refractivity contribution >= 4 is 12.1 Å². The van der Waals surface area contributed by atoms with Gasteiger partial charge in [0.15, 0.2) is 0 Å². The van der Waals surface area contributed by atoms with Crippen LogP contribution in [0.15, 0.2) is 48.5 Å². The van der Waals surface area contributed by atoms with E-state index in [1.54, 1.807) is 0 Å². The van der Waals surface area contributed by atoms with Crippen molar-refractivity contribution in [2.24, 2.45) is 11.8 Å². The van der Waals surface area contributed by atoms with Crippen molar-refractivity contribution in [2.75, 3.05) is 13.2 Å². The summed E-state index contributed by atoms with van der Waals surface area (Å²) in [5, 5.41) is 10.0. The molecule has 2 aliphatic rings. The molecule has 4 rings (SSSR count). The molecule has 0 radical (unpaired) electrons. The molecule has 1 saturated carbocycles. The van der Waals surface area contributed by atoms with E-state index in [1.165, 1.54) is 16.0 Å². The lowest BCUT2D eigenvalue weighted by atomic mass is 9.63. The third kappa shape index (κ3) is 3.60. The van der Waals surface area contributed by atoms with Crippen molar-refractivity contribution in [3.05, 3.63) is 59.7 Å². The van der Waals surface area contributed by atoms with E-state index in [2.05, 4.69) is 38.1 Å². The van der Waals surface area contributed by atoms with Crippen molar-refractivity contribution in [3.63, 3.8) is 0 Å². The number of hydrogen-bond donors (Lipinski definition) is 1. The van der Waals surface area contributed by atoms with Gasteiger partial charge in [0, 0.05) is 12.5 Å². The Kier molecular flexibility index (Phi) is 5.78. The maximum absolute atomic E-state index is 13.2. The van der Waals surface area contributed by atoms with Gasteiger partial charge in [0.1, 0.15) is 12.1 Å². The molecule has 0 atom stereocenters. The number of benzene rings is 2. The van der Waals surface area contributed by atoms with Gasteiger partial charge in [0.25, 0.3) is 0 Å². The fourth-order valence-electron chi connectivity index (χ4n) is 5.17. The molecule has 0 aromatic heterocycles. The Morgan fingerprint density at radius 3 is 2.10 bits per heavy atom. The molecule has 164 valence electrons. The molecule has 0 aliphatic heterocycles. The average Bonchev–Trinajstić information content (AvgIpc) is 3.04. The van der Waals surface area contributed by atoms with Crippen molar-refractivity contribution in [3.8, 4) is 11.1 Å². The van der Waals surface area contributed by atoms with Gasteiger partial charge in [-0.1, -0.05) is 69.3 Å². The molecule has 0 saturated heterocycles. The number of ether oxygens (including phenoxy) is 1. The molecular weight excluding hydrogens is 390 g/mol. The molecular formula is C26H31NO4. The Morgan fingerprint density at radius 1 is 1.06 bits per heavy atom. The Balaban J connectivity index is 1.54. The normalized spacial score (nSPS) is 21.9. The van der Waals surface area contributed by atoms with E-state index in [9.17, 15) is 14.7 Å². The maximum atomic E-state index is 13.2. The third-order valence-electron chi connectivity index (χ3n) is 7.06. The Labute approximate surface area is 184 Å². The van der Waals surface area contributed by atoms with Crippen LogP contribution in [0, 0.1) is 11.8 Å². The first kappa shape index (κ1) is 21.4. The monoisotopic (exact) mass is 421 g/mol. The highest BCUT2D eigenvalue weighted by Gasteiger charge is 2.57. The predicted octanol–water partition coefficient (Wildman–Crippen LogP) is 5.54. The summed E-state index contributed by atoms with van der Waals surface area (Å²) in [6.45, 7) is 6.75. The number of aliphatic carboxylic acids is 1. The van der Waals surface area contributed by atoms with E-state index in [0.717, 1.165) is 11.1 Å². The molecule has 5 nitrogen and oxygen atoms in total. The second-order valence-electron chi connectivity index (χ2n) is 9.20. The summed E-state index contributed by atoms with van der Waals surface area (Å²) < 4.78 is 5.81. The highest BCUT2D eigenvalue weighted by atomic mass is 16.6. The number of amides is 1. The lowest BCUT2D eigenvalue weighted by Crippen LogP contribution is -2.65. The molecule has 0 heterocycles. The second-order valence-corrected chi connectivity index (χ2v) is 9.20. The van der Waals surface area contributed by atoms with Crippen LogP contribution in [-0.2, 0) is 9.53 Å². The zero-order chi connectivity index (χ0) is 22.2. The highest BCUT2D eigenvalue weighted by molar-refractivity contribution is 5.86. The zero-order valence-corrected chi connectivity index (χ0v) is 18.5. The van der Waals surface area contributed by atoms with Gasteiger partial charge in [0.2, 0.25) is 0 Å². The topological polar surface area (TPSA) is 66.8 Å². The van der Waals surface area contributed by atoms with E-state index >= 15 is 0 Å². The quantitative estimate of drug-likeness (QED) is 0.638. The summed E-state index contributed by atoms with van der Waals surface area (Å²) in [6, 6.07) is 16.4. The number of rotatable bonds is 7. The summed E-state index contributed by atoms with van der Waals surface area (Å²) >= 11 is 0. The van der Waals surface area contributed by atoms with E-state index in [4.69, 9.17) is 4.74 Å². The number of carbonyl (C=O) groups is 2. The van der Waals surface area contributed by atoms with Crippen LogP contribution in [-0.4, -0.2) is 40.8 Å². The Morgan fingerprint density at radius 2 is 1.61 bits per heavy atom. The van der Waals surface area contributed by atoms with Crippen LogP contribution in [0.1, 0.15) is 57.1 Å². The molecule has 31 heavy (non-hydrogen) atoms. The van der Waals surface area contributed by atoms with Crippen molar-refractivity contribution < 1.29 is 19.4 Å². The second kappa shape index (κ2) is 8.37. The molecule has 1 amide bonds. The van der Waals surface area contributed by atoms with E-state index in [-0.39, 0.29) is 12.5 Å². The van der Waals surface area contributed by atoms with E-state index in [0.29, 0.717) is 37.6 Å². The summed E-state index contributed by atoms with van der Waals surface area (Å²) in [6.07, 6.45) is 1.15. The fourth-order valence-corrected chi connectivity index (χ4v) is 5.17. The highest BCUT2D eigenvalue weighted by Crippen LogP contribution is 2.47. The summed E-state index contributed by atoms with van der Waals surface area (Å²) in [5.74, 6) is -0.243. The van der Waals surface area contributed by atoms with E-state index < -0.39 is 17.6 Å². The van der Waals surface area contributed by atoms with Gasteiger partial charge in [-0.3, -0.25) is 4.90 Å². The van der Waals surface area contributed by atoms with Crippen molar-refractivity contribution in [2.45, 2.75) is 51.5 Å². The summed E-state index contributed by atoms with van der Waals surface area (Å²) in [4.78, 5) is 26.9. The SMILES string of the molecule is CCCN(C(=O)OCC1c2ccccc2-c2ccccc21)C1(C(=O)O)CC(C(C)C)C1. The molecule has 2 aromatic carbocycles. The first-order chi connectivity index (χ1) is 14.9. The molecule has 0 bridgehead atoms. The van der Waals surface area contributed by atoms with Crippen LogP contribution in [0.5, 0.6) is 0 Å². The first-order valence-corrected chi connectivity index (χ1v) is 11.2.